The number of rotatable bonds is 8. The van der Waals surface area contributed by atoms with E-state index in [-0.39, 0.29) is 32.0 Å². The Morgan fingerprint density at radius 1 is 0.552 bits per heavy atom. The number of hydrogen-bond donors (Lipinski definition) is 4. The van der Waals surface area contributed by atoms with Gasteiger partial charge in [0.05, 0.1) is 51.3 Å². The monoisotopic (exact) mass is 422 g/mol. The van der Waals surface area contributed by atoms with Crippen LogP contribution in [0.4, 0.5) is 0 Å². The van der Waals surface area contributed by atoms with Crippen molar-refractivity contribution < 1.29 is 29.9 Å². The summed E-state index contributed by atoms with van der Waals surface area (Å²) in [5.74, 6) is 0. The maximum atomic E-state index is 8.92. The lowest BCUT2D eigenvalue weighted by molar-refractivity contribution is -0.0620. The predicted octanol–water partition coefficient (Wildman–Crippen LogP) is 3.95. The largest absolute Gasteiger partial charge is 0.394 e. The van der Waals surface area contributed by atoms with Crippen LogP contribution in [0.1, 0.15) is 20.8 Å². The van der Waals surface area contributed by atoms with Gasteiger partial charge in [0, 0.05) is 0 Å². The molecule has 6 nitrogen and oxygen atoms in total. The van der Waals surface area contributed by atoms with Crippen LogP contribution in [0.5, 0.6) is 0 Å². The third-order valence-electron chi connectivity index (χ3n) is 1.59. The topological polar surface area (TPSA) is 99.4 Å². The molecule has 0 aliphatic heterocycles. The van der Waals surface area contributed by atoms with E-state index in [0.717, 1.165) is 0 Å². The molecule has 3 atom stereocenters. The zero-order valence-corrected chi connectivity index (χ0v) is 19.4. The normalized spacial score (nSPS) is 10.0. The third-order valence-corrected chi connectivity index (χ3v) is 1.59. The van der Waals surface area contributed by atoms with Gasteiger partial charge < -0.3 is 29.9 Å². The molecule has 0 heterocycles. The van der Waals surface area contributed by atoms with Crippen molar-refractivity contribution in [3.63, 3.8) is 0 Å². The average Bonchev–Trinajstić information content (AvgIpc) is 2.83. The van der Waals surface area contributed by atoms with Gasteiger partial charge in [0.15, 0.2) is 0 Å². The maximum Gasteiger partial charge on any atom is 0.0781 e. The van der Waals surface area contributed by atoms with E-state index in [2.05, 4.69) is 78.9 Å². The molecular formula is C23H50O6. The minimum Gasteiger partial charge on any atom is -0.394 e. The SMILES string of the molecule is C=C.C=C.C=C.C=C.C=C.C=C.CC(O)COC(C)COC(C)CO.OCCO. The second-order valence-corrected chi connectivity index (χ2v) is 3.77. The third kappa shape index (κ3) is 122. The van der Waals surface area contributed by atoms with Gasteiger partial charge in [-0.3, -0.25) is 0 Å². The van der Waals surface area contributed by atoms with Crippen molar-refractivity contribution in [1.29, 1.82) is 0 Å². The number of ether oxygens (including phenoxy) is 2. The Balaban J connectivity index is -0.0000000382. The van der Waals surface area contributed by atoms with Crippen molar-refractivity contribution in [1.82, 2.24) is 0 Å². The van der Waals surface area contributed by atoms with Gasteiger partial charge in [0.25, 0.3) is 0 Å². The number of hydrogen-bond acceptors (Lipinski definition) is 6. The van der Waals surface area contributed by atoms with Crippen LogP contribution >= 0.6 is 0 Å². The van der Waals surface area contributed by atoms with E-state index < -0.39 is 6.10 Å². The highest BCUT2D eigenvalue weighted by molar-refractivity contribution is 4.52. The van der Waals surface area contributed by atoms with Crippen molar-refractivity contribution in [3.8, 4) is 0 Å². The van der Waals surface area contributed by atoms with Crippen molar-refractivity contribution in [2.75, 3.05) is 33.0 Å². The van der Waals surface area contributed by atoms with Gasteiger partial charge in [0.1, 0.15) is 0 Å². The summed E-state index contributed by atoms with van der Waals surface area (Å²) < 4.78 is 10.5. The molecule has 0 amide bonds. The van der Waals surface area contributed by atoms with Crippen LogP contribution in [0, 0.1) is 0 Å². The summed E-state index contributed by atoms with van der Waals surface area (Å²) in [6.45, 7) is 41.9. The summed E-state index contributed by atoms with van der Waals surface area (Å²) in [6.07, 6.45) is -0.654. The lowest BCUT2D eigenvalue weighted by atomic mass is 10.4. The van der Waals surface area contributed by atoms with Crippen molar-refractivity contribution >= 4 is 0 Å². The van der Waals surface area contributed by atoms with Gasteiger partial charge in [-0.05, 0) is 20.8 Å². The number of aliphatic hydroxyl groups is 4. The maximum absolute atomic E-state index is 8.92. The molecule has 0 aromatic heterocycles. The highest BCUT2D eigenvalue weighted by atomic mass is 16.5. The summed E-state index contributed by atoms with van der Waals surface area (Å²) in [4.78, 5) is 0. The lowest BCUT2D eigenvalue weighted by Crippen LogP contribution is -2.24. The Bertz CT molecular complexity index is 198. The lowest BCUT2D eigenvalue weighted by Gasteiger charge is -2.16. The first-order chi connectivity index (χ1) is 14.0. The molecule has 29 heavy (non-hydrogen) atoms. The molecule has 3 unspecified atom stereocenters. The quantitative estimate of drug-likeness (QED) is 0.442. The molecule has 0 saturated carbocycles. The first-order valence-corrected chi connectivity index (χ1v) is 8.71. The van der Waals surface area contributed by atoms with Crippen LogP contribution in [0.15, 0.2) is 78.9 Å². The van der Waals surface area contributed by atoms with Gasteiger partial charge >= 0.3 is 0 Å². The minimum atomic E-state index is -0.447. The number of aliphatic hydroxyl groups excluding tert-OH is 4. The Labute approximate surface area is 181 Å². The van der Waals surface area contributed by atoms with Crippen LogP contribution in [-0.4, -0.2) is 71.8 Å². The molecule has 0 saturated heterocycles. The molecule has 0 aliphatic rings. The van der Waals surface area contributed by atoms with Crippen LogP contribution in [0.3, 0.4) is 0 Å². The standard InChI is InChI=1S/C9H20O4.C2H6O2.6C2H4/c1-7(11)5-12-9(3)6-13-8(2)4-10;3-1-2-4;6*1-2/h7-11H,4-6H2,1-3H3;3-4H,1-2H2;6*1-2H2. The molecule has 0 fully saturated rings. The summed E-state index contributed by atoms with van der Waals surface area (Å²) >= 11 is 0. The first kappa shape index (κ1) is 50.6. The molecule has 178 valence electrons. The van der Waals surface area contributed by atoms with Crippen molar-refractivity contribution in [2.45, 2.75) is 39.1 Å². The highest BCUT2D eigenvalue weighted by Gasteiger charge is 2.06. The second kappa shape index (κ2) is 82.5. The van der Waals surface area contributed by atoms with Crippen LogP contribution in [-0.2, 0) is 9.47 Å². The first-order valence-electron chi connectivity index (χ1n) is 8.71. The predicted molar refractivity (Wildman–Crippen MR) is 131 cm³/mol. The van der Waals surface area contributed by atoms with E-state index in [4.69, 9.17) is 29.9 Å². The Kier molecular flexibility index (Phi) is 144. The van der Waals surface area contributed by atoms with Crippen LogP contribution < -0.4 is 0 Å². The van der Waals surface area contributed by atoms with E-state index in [0.29, 0.717) is 13.2 Å². The van der Waals surface area contributed by atoms with E-state index >= 15 is 0 Å². The molecule has 0 rings (SSSR count). The molecular weight excluding hydrogens is 372 g/mol. The zero-order valence-electron chi connectivity index (χ0n) is 19.4. The van der Waals surface area contributed by atoms with Crippen molar-refractivity contribution in [3.05, 3.63) is 78.9 Å². The van der Waals surface area contributed by atoms with Crippen LogP contribution in [0.2, 0.25) is 0 Å². The zero-order chi connectivity index (χ0) is 25.7. The molecule has 0 aliphatic carbocycles. The molecule has 0 aromatic rings. The Morgan fingerprint density at radius 3 is 1.03 bits per heavy atom. The molecule has 0 aromatic carbocycles. The van der Waals surface area contributed by atoms with Gasteiger partial charge in [-0.25, -0.2) is 0 Å². The minimum absolute atomic E-state index is 0.0170. The molecule has 4 N–H and O–H groups in total. The fourth-order valence-electron chi connectivity index (χ4n) is 0.704. The van der Waals surface area contributed by atoms with Crippen LogP contribution in [0.25, 0.3) is 0 Å². The Morgan fingerprint density at radius 2 is 0.828 bits per heavy atom. The second-order valence-electron chi connectivity index (χ2n) is 3.77. The molecule has 0 bridgehead atoms. The summed E-state index contributed by atoms with van der Waals surface area (Å²) in [5.41, 5.74) is 0. The van der Waals surface area contributed by atoms with Gasteiger partial charge in [-0.1, -0.05) is 0 Å². The average molecular weight is 423 g/mol. The van der Waals surface area contributed by atoms with E-state index in [9.17, 15) is 0 Å². The highest BCUT2D eigenvalue weighted by Crippen LogP contribution is 1.97. The summed E-state index contributed by atoms with van der Waals surface area (Å²) in [5, 5.41) is 32.8. The summed E-state index contributed by atoms with van der Waals surface area (Å²) in [6, 6.07) is 0. The fraction of sp³-hybridized carbons (Fsp3) is 0.478. The van der Waals surface area contributed by atoms with E-state index in [1.807, 2.05) is 6.92 Å². The van der Waals surface area contributed by atoms with E-state index in [1.54, 1.807) is 13.8 Å². The van der Waals surface area contributed by atoms with Gasteiger partial charge in [-0.15, -0.1) is 78.9 Å². The van der Waals surface area contributed by atoms with Crippen molar-refractivity contribution in [2.24, 2.45) is 0 Å². The Hall–Kier alpha value is -1.80. The smallest absolute Gasteiger partial charge is 0.0781 e. The molecule has 0 radical (unpaired) electrons. The van der Waals surface area contributed by atoms with Gasteiger partial charge in [0.2, 0.25) is 0 Å². The fourth-order valence-corrected chi connectivity index (χ4v) is 0.704. The summed E-state index contributed by atoms with van der Waals surface area (Å²) in [7, 11) is 0. The molecule has 0 spiro atoms. The van der Waals surface area contributed by atoms with Gasteiger partial charge in [-0.2, -0.15) is 0 Å². The molecule has 6 heteroatoms. The van der Waals surface area contributed by atoms with E-state index in [1.165, 1.54) is 0 Å².